The van der Waals surface area contributed by atoms with Crippen molar-refractivity contribution in [1.29, 1.82) is 0 Å². The molecular weight excluding hydrogens is 424 g/mol. The number of nitrogens with zero attached hydrogens (tertiary/aromatic N) is 3. The van der Waals surface area contributed by atoms with Gasteiger partial charge in [-0.2, -0.15) is 0 Å². The number of carbonyl (C=O) groups excluding carboxylic acids is 3. The Bertz CT molecular complexity index is 1040. The van der Waals surface area contributed by atoms with Crippen molar-refractivity contribution in [3.8, 4) is 0 Å². The monoisotopic (exact) mass is 456 g/mol. The van der Waals surface area contributed by atoms with Crippen LogP contribution in [-0.4, -0.2) is 45.0 Å². The van der Waals surface area contributed by atoms with E-state index in [1.807, 2.05) is 58.9 Å². The highest BCUT2D eigenvalue weighted by Crippen LogP contribution is 2.35. The molecule has 0 saturated heterocycles. The molecule has 2 heterocycles. The van der Waals surface area contributed by atoms with Crippen LogP contribution >= 0.6 is 0 Å². The number of ketones is 1. The normalized spacial score (nSPS) is 16.6. The number of Topliss-reactive ketones (excluding diaryl/α,β-unsaturated/α-hetero) is 1. The largest absolute Gasteiger partial charge is 0.447 e. The molecule has 178 valence electrons. The van der Waals surface area contributed by atoms with Crippen molar-refractivity contribution in [2.75, 3.05) is 0 Å². The van der Waals surface area contributed by atoms with E-state index in [1.54, 1.807) is 13.8 Å². The summed E-state index contributed by atoms with van der Waals surface area (Å²) in [5.41, 5.74) is 1.16. The Morgan fingerprint density at radius 1 is 1.12 bits per heavy atom. The summed E-state index contributed by atoms with van der Waals surface area (Å²) in [6.45, 7) is 13.1. The molecule has 33 heavy (non-hydrogen) atoms. The Kier molecular flexibility index (Phi) is 6.90. The average Bonchev–Trinajstić information content (AvgIpc) is 3.35. The molecular formula is C24H32N4O5. The molecule has 2 atom stereocenters. The zero-order valence-electron chi connectivity index (χ0n) is 20.2. The van der Waals surface area contributed by atoms with E-state index >= 15 is 0 Å². The number of aromatic nitrogens is 2. The van der Waals surface area contributed by atoms with Crippen LogP contribution in [0.4, 0.5) is 4.79 Å². The van der Waals surface area contributed by atoms with E-state index in [2.05, 4.69) is 15.5 Å². The molecule has 2 amide bonds. The second-order valence-electron chi connectivity index (χ2n) is 9.92. The smallest absolute Gasteiger partial charge is 0.411 e. The fourth-order valence-electron chi connectivity index (χ4n) is 3.64. The van der Waals surface area contributed by atoms with Crippen LogP contribution in [0, 0.1) is 5.92 Å². The Morgan fingerprint density at radius 3 is 2.36 bits per heavy atom. The molecule has 1 N–H and O–H groups in total. The van der Waals surface area contributed by atoms with Crippen LogP contribution in [0.25, 0.3) is 0 Å². The zero-order valence-corrected chi connectivity index (χ0v) is 20.2. The zero-order chi connectivity index (χ0) is 24.5. The summed E-state index contributed by atoms with van der Waals surface area (Å²) < 4.78 is 11.0. The topological polar surface area (TPSA) is 115 Å². The fourth-order valence-corrected chi connectivity index (χ4v) is 3.64. The van der Waals surface area contributed by atoms with Crippen molar-refractivity contribution < 1.29 is 23.5 Å². The number of carbonyl (C=O) groups is 3. The van der Waals surface area contributed by atoms with Gasteiger partial charge in [0.2, 0.25) is 17.6 Å². The number of hydrogen-bond acceptors (Lipinski definition) is 7. The van der Waals surface area contributed by atoms with Gasteiger partial charge in [-0.05, 0) is 30.9 Å². The lowest BCUT2D eigenvalue weighted by Crippen LogP contribution is -2.49. The summed E-state index contributed by atoms with van der Waals surface area (Å²) >= 11 is 0. The first-order chi connectivity index (χ1) is 15.4. The predicted octanol–water partition coefficient (Wildman–Crippen LogP) is 3.79. The standard InChI is InChI=1S/C24H32N4O5/c1-13(2)17(19(29)21-26-27-22(33-21)24(5,6)7)25-20(30)18-16-11-9-8-10-15(16)12-28(18)23(31)32-14(3)4/h8-11,13-14,17-18H,12H2,1-7H3,(H,25,30)/t17-,18-/m0/s1. The Hall–Kier alpha value is -3.23. The highest BCUT2D eigenvalue weighted by atomic mass is 16.6. The second kappa shape index (κ2) is 9.33. The summed E-state index contributed by atoms with van der Waals surface area (Å²) in [6, 6.07) is 5.54. The van der Waals surface area contributed by atoms with Gasteiger partial charge in [0.05, 0.1) is 18.7 Å². The Labute approximate surface area is 193 Å². The van der Waals surface area contributed by atoms with Crippen molar-refractivity contribution in [2.45, 2.75) is 78.6 Å². The van der Waals surface area contributed by atoms with E-state index in [0.717, 1.165) is 5.56 Å². The summed E-state index contributed by atoms with van der Waals surface area (Å²) in [5, 5.41) is 10.7. The third kappa shape index (κ3) is 5.23. The van der Waals surface area contributed by atoms with Gasteiger partial charge in [0.15, 0.2) is 0 Å². The van der Waals surface area contributed by atoms with Crippen molar-refractivity contribution in [3.63, 3.8) is 0 Å². The van der Waals surface area contributed by atoms with Gasteiger partial charge in [0.25, 0.3) is 5.89 Å². The van der Waals surface area contributed by atoms with Crippen molar-refractivity contribution in [3.05, 3.63) is 47.2 Å². The molecule has 1 aromatic carbocycles. The molecule has 0 unspecified atom stereocenters. The summed E-state index contributed by atoms with van der Waals surface area (Å²) in [6.07, 6.45) is -0.912. The predicted molar refractivity (Wildman–Crippen MR) is 120 cm³/mol. The molecule has 0 bridgehead atoms. The van der Waals surface area contributed by atoms with Gasteiger partial charge in [0, 0.05) is 5.41 Å². The lowest BCUT2D eigenvalue weighted by atomic mass is 9.97. The lowest BCUT2D eigenvalue weighted by Gasteiger charge is -2.27. The van der Waals surface area contributed by atoms with E-state index in [1.165, 1.54) is 4.90 Å². The number of hydrogen-bond donors (Lipinski definition) is 1. The molecule has 0 fully saturated rings. The van der Waals surface area contributed by atoms with Gasteiger partial charge < -0.3 is 14.5 Å². The molecule has 1 aliphatic heterocycles. The van der Waals surface area contributed by atoms with Gasteiger partial charge in [-0.3, -0.25) is 14.5 Å². The van der Waals surface area contributed by atoms with E-state index in [-0.39, 0.29) is 24.5 Å². The molecule has 0 radical (unpaired) electrons. The minimum absolute atomic E-state index is 0.151. The molecule has 3 rings (SSSR count). The van der Waals surface area contributed by atoms with Crippen molar-refractivity contribution in [1.82, 2.24) is 20.4 Å². The van der Waals surface area contributed by atoms with Crippen LogP contribution in [0.3, 0.4) is 0 Å². The van der Waals surface area contributed by atoms with Crippen molar-refractivity contribution in [2.24, 2.45) is 5.92 Å². The number of ether oxygens (including phenoxy) is 1. The van der Waals surface area contributed by atoms with Crippen LogP contribution in [0.1, 0.15) is 82.2 Å². The molecule has 2 aromatic rings. The minimum atomic E-state index is -0.908. The van der Waals surface area contributed by atoms with Gasteiger partial charge >= 0.3 is 6.09 Å². The van der Waals surface area contributed by atoms with Crippen LogP contribution in [-0.2, 0) is 21.5 Å². The molecule has 9 nitrogen and oxygen atoms in total. The van der Waals surface area contributed by atoms with Gasteiger partial charge in [0.1, 0.15) is 6.04 Å². The highest BCUT2D eigenvalue weighted by Gasteiger charge is 2.41. The van der Waals surface area contributed by atoms with E-state index in [0.29, 0.717) is 11.5 Å². The number of fused-ring (bicyclic) bond motifs is 1. The van der Waals surface area contributed by atoms with Crippen LogP contribution in [0.2, 0.25) is 0 Å². The lowest BCUT2D eigenvalue weighted by molar-refractivity contribution is -0.126. The maximum Gasteiger partial charge on any atom is 0.411 e. The average molecular weight is 457 g/mol. The van der Waals surface area contributed by atoms with E-state index in [9.17, 15) is 14.4 Å². The second-order valence-corrected chi connectivity index (χ2v) is 9.92. The number of amides is 2. The Balaban J connectivity index is 1.87. The number of rotatable bonds is 6. The first-order valence-corrected chi connectivity index (χ1v) is 11.1. The molecule has 0 saturated carbocycles. The summed E-state index contributed by atoms with van der Waals surface area (Å²) in [5.74, 6) is -1.000. The molecule has 1 aromatic heterocycles. The molecule has 1 aliphatic rings. The molecule has 0 aliphatic carbocycles. The first-order valence-electron chi connectivity index (χ1n) is 11.1. The Morgan fingerprint density at radius 2 is 1.79 bits per heavy atom. The summed E-state index contributed by atoms with van der Waals surface area (Å²) in [7, 11) is 0. The maximum absolute atomic E-state index is 13.4. The summed E-state index contributed by atoms with van der Waals surface area (Å²) in [4.78, 5) is 40.7. The maximum atomic E-state index is 13.4. The van der Waals surface area contributed by atoms with E-state index < -0.39 is 35.3 Å². The number of nitrogens with one attached hydrogen (secondary N) is 1. The molecule has 9 heteroatoms. The third-order valence-electron chi connectivity index (χ3n) is 5.35. The fraction of sp³-hybridized carbons (Fsp3) is 0.542. The first kappa shape index (κ1) is 24.4. The van der Waals surface area contributed by atoms with Gasteiger partial charge in [-0.1, -0.05) is 58.9 Å². The minimum Gasteiger partial charge on any atom is -0.447 e. The van der Waals surface area contributed by atoms with Crippen molar-refractivity contribution >= 4 is 17.8 Å². The molecule has 0 spiro atoms. The van der Waals surface area contributed by atoms with Gasteiger partial charge in [-0.25, -0.2) is 4.79 Å². The quantitative estimate of drug-likeness (QED) is 0.658. The number of benzene rings is 1. The SMILES string of the molecule is CC(C)OC(=O)N1Cc2ccccc2[C@H]1C(=O)N[C@H](C(=O)c1nnc(C(C)(C)C)o1)C(C)C. The van der Waals surface area contributed by atoms with Crippen LogP contribution in [0.5, 0.6) is 0 Å². The van der Waals surface area contributed by atoms with Crippen LogP contribution in [0.15, 0.2) is 28.7 Å². The highest BCUT2D eigenvalue weighted by molar-refractivity contribution is 6.00. The van der Waals surface area contributed by atoms with Crippen LogP contribution < -0.4 is 5.32 Å². The van der Waals surface area contributed by atoms with E-state index in [4.69, 9.17) is 9.15 Å². The van der Waals surface area contributed by atoms with Gasteiger partial charge in [-0.15, -0.1) is 10.2 Å². The third-order valence-corrected chi connectivity index (χ3v) is 5.35.